The summed E-state index contributed by atoms with van der Waals surface area (Å²) in [5, 5.41) is 3.89. The zero-order valence-corrected chi connectivity index (χ0v) is 21.0. The highest BCUT2D eigenvalue weighted by Gasteiger charge is 2.24. The van der Waals surface area contributed by atoms with E-state index in [-0.39, 0.29) is 11.5 Å². The number of pyridine rings is 1. The Hall–Kier alpha value is -3.54. The van der Waals surface area contributed by atoms with Crippen LogP contribution in [0, 0.1) is 6.92 Å². The second-order valence-corrected chi connectivity index (χ2v) is 8.92. The molecule has 184 valence electrons. The van der Waals surface area contributed by atoms with Gasteiger partial charge in [-0.2, -0.15) is 0 Å². The van der Waals surface area contributed by atoms with E-state index >= 15 is 0 Å². The van der Waals surface area contributed by atoms with Crippen LogP contribution in [0.3, 0.4) is 0 Å². The summed E-state index contributed by atoms with van der Waals surface area (Å²) in [6, 6.07) is 15.6. The van der Waals surface area contributed by atoms with Crippen LogP contribution in [0.1, 0.15) is 72.6 Å². The molecule has 2 aromatic carbocycles. The number of rotatable bonds is 6. The molecule has 35 heavy (non-hydrogen) atoms. The van der Waals surface area contributed by atoms with E-state index < -0.39 is 5.92 Å². The average molecular weight is 478 g/mol. The van der Waals surface area contributed by atoms with Gasteiger partial charge >= 0.3 is 0 Å². The number of aromatic amines is 1. The first-order valence-electron chi connectivity index (χ1n) is 11.9. The van der Waals surface area contributed by atoms with Gasteiger partial charge < -0.3 is 10.3 Å². The number of carbonyl (C=O) groups excluding carboxylic acids is 1. The van der Waals surface area contributed by atoms with Crippen LogP contribution in [0.2, 0.25) is 0 Å². The van der Waals surface area contributed by atoms with E-state index in [4.69, 9.17) is 0 Å². The molecule has 0 aliphatic rings. The zero-order valence-electron chi connectivity index (χ0n) is 21.0. The Kier molecular flexibility index (Phi) is 8.39. The van der Waals surface area contributed by atoms with E-state index in [9.17, 15) is 13.6 Å². The van der Waals surface area contributed by atoms with Gasteiger partial charge in [0.05, 0.1) is 0 Å². The van der Waals surface area contributed by atoms with Crippen molar-refractivity contribution in [3.63, 3.8) is 0 Å². The molecular weight excluding hydrogens is 444 g/mol. The molecule has 0 fully saturated rings. The molecule has 0 bridgehead atoms. The number of fused-ring (bicyclic) bond motifs is 1. The van der Waals surface area contributed by atoms with E-state index in [1.54, 1.807) is 12.1 Å². The van der Waals surface area contributed by atoms with Crippen molar-refractivity contribution >= 4 is 22.6 Å². The molecule has 1 unspecified atom stereocenters. The number of aromatic nitrogens is 2. The number of halogens is 2. The predicted molar refractivity (Wildman–Crippen MR) is 139 cm³/mol. The smallest absolute Gasteiger partial charge is 0.270 e. The lowest BCUT2D eigenvalue weighted by atomic mass is 9.93. The van der Waals surface area contributed by atoms with Crippen molar-refractivity contribution in [3.05, 3.63) is 94.8 Å². The van der Waals surface area contributed by atoms with Crippen LogP contribution < -0.4 is 5.32 Å². The second kappa shape index (κ2) is 11.3. The number of hydrogen-bond acceptors (Lipinski definition) is 2. The maximum absolute atomic E-state index is 13.4. The molecule has 6 heteroatoms. The van der Waals surface area contributed by atoms with Crippen LogP contribution in [0.5, 0.6) is 0 Å². The molecule has 0 radical (unpaired) electrons. The van der Waals surface area contributed by atoms with Gasteiger partial charge in [-0.25, -0.2) is 13.8 Å². The summed E-state index contributed by atoms with van der Waals surface area (Å²) < 4.78 is 26.8. The number of anilines is 1. The summed E-state index contributed by atoms with van der Waals surface area (Å²) in [6.07, 6.45) is 5.91. The van der Waals surface area contributed by atoms with Crippen LogP contribution in [0.15, 0.2) is 67.0 Å². The molecule has 2 aromatic heterocycles. The van der Waals surface area contributed by atoms with E-state index in [0.717, 1.165) is 31.0 Å². The van der Waals surface area contributed by atoms with E-state index in [2.05, 4.69) is 42.1 Å². The maximum atomic E-state index is 13.4. The van der Waals surface area contributed by atoms with Gasteiger partial charge in [0.1, 0.15) is 5.65 Å². The largest absolute Gasteiger partial charge is 0.346 e. The second-order valence-electron chi connectivity index (χ2n) is 8.92. The van der Waals surface area contributed by atoms with Crippen molar-refractivity contribution in [1.29, 1.82) is 0 Å². The highest BCUT2D eigenvalue weighted by Crippen LogP contribution is 2.29. The average Bonchev–Trinajstić information content (AvgIpc) is 3.31. The standard InChI is InChI=1S/C20H23F2NO.C9H10N2/c1-5-13(2)18-10-9-15(11-14(18)3)19(24)23-17-8-6-7-16(12-17)20(4,21)22;1-2-7-5-8-3-4-10-9(8)11-6-7/h6-13H,5H2,1-4H3,(H,23,24);3-6H,2H2,1H3,(H,10,11). The fourth-order valence-corrected chi connectivity index (χ4v) is 3.84. The number of nitrogens with zero attached hydrogens (tertiary/aromatic N) is 1. The molecule has 1 atom stereocenters. The van der Waals surface area contributed by atoms with Crippen molar-refractivity contribution in [1.82, 2.24) is 9.97 Å². The van der Waals surface area contributed by atoms with Gasteiger partial charge in [-0.1, -0.05) is 39.0 Å². The SMILES string of the molecule is CCC(C)c1ccc(C(=O)Nc2cccc(C(C)(F)F)c2)cc1C.CCc1cnc2[nH]ccc2c1. The predicted octanol–water partition coefficient (Wildman–Crippen LogP) is 8.00. The summed E-state index contributed by atoms with van der Waals surface area (Å²) in [6.45, 7) is 9.23. The minimum absolute atomic E-state index is 0.122. The Bertz CT molecular complexity index is 1290. The molecule has 0 spiro atoms. The third-order valence-corrected chi connectivity index (χ3v) is 6.17. The third-order valence-electron chi connectivity index (χ3n) is 6.17. The van der Waals surface area contributed by atoms with E-state index in [0.29, 0.717) is 17.2 Å². The highest BCUT2D eigenvalue weighted by atomic mass is 19.3. The van der Waals surface area contributed by atoms with Gasteiger partial charge in [0, 0.05) is 41.5 Å². The lowest BCUT2D eigenvalue weighted by Crippen LogP contribution is -2.14. The number of H-pyrrole nitrogens is 1. The zero-order chi connectivity index (χ0) is 25.6. The Labute approximate surface area is 205 Å². The fourth-order valence-electron chi connectivity index (χ4n) is 3.84. The molecule has 4 nitrogen and oxygen atoms in total. The lowest BCUT2D eigenvalue weighted by Gasteiger charge is -2.15. The van der Waals surface area contributed by atoms with Crippen molar-refractivity contribution in [2.45, 2.75) is 59.3 Å². The Balaban J connectivity index is 0.000000256. The summed E-state index contributed by atoms with van der Waals surface area (Å²) in [7, 11) is 0. The Morgan fingerprint density at radius 2 is 1.89 bits per heavy atom. The first kappa shape index (κ1) is 26.1. The van der Waals surface area contributed by atoms with Gasteiger partial charge in [0.25, 0.3) is 11.8 Å². The number of amides is 1. The number of aryl methyl sites for hydroxylation is 2. The molecule has 0 saturated carbocycles. The first-order valence-corrected chi connectivity index (χ1v) is 11.9. The molecule has 2 heterocycles. The van der Waals surface area contributed by atoms with Crippen molar-refractivity contribution in [3.8, 4) is 0 Å². The van der Waals surface area contributed by atoms with Gasteiger partial charge in [0.2, 0.25) is 0 Å². The quantitative estimate of drug-likeness (QED) is 0.296. The number of carbonyl (C=O) groups is 1. The normalized spacial score (nSPS) is 12.1. The Morgan fingerprint density at radius 3 is 2.54 bits per heavy atom. The van der Waals surface area contributed by atoms with Crippen LogP contribution >= 0.6 is 0 Å². The van der Waals surface area contributed by atoms with E-state index in [1.807, 2.05) is 37.5 Å². The van der Waals surface area contributed by atoms with Gasteiger partial charge in [-0.3, -0.25) is 4.79 Å². The molecule has 0 aliphatic heterocycles. The first-order chi connectivity index (χ1) is 16.6. The lowest BCUT2D eigenvalue weighted by molar-refractivity contribution is 0.0175. The molecule has 2 N–H and O–H groups in total. The number of hydrogen-bond donors (Lipinski definition) is 2. The monoisotopic (exact) mass is 477 g/mol. The number of alkyl halides is 2. The number of nitrogens with one attached hydrogen (secondary N) is 2. The van der Waals surface area contributed by atoms with Crippen LogP contribution in [0.25, 0.3) is 11.0 Å². The van der Waals surface area contributed by atoms with Crippen molar-refractivity contribution in [2.24, 2.45) is 0 Å². The molecular formula is C29H33F2N3O. The molecule has 4 rings (SSSR count). The van der Waals surface area contributed by atoms with Crippen molar-refractivity contribution in [2.75, 3.05) is 5.32 Å². The molecule has 0 saturated heterocycles. The number of benzene rings is 2. The maximum Gasteiger partial charge on any atom is 0.270 e. The Morgan fingerprint density at radius 1 is 1.11 bits per heavy atom. The summed E-state index contributed by atoms with van der Waals surface area (Å²) in [4.78, 5) is 19.7. The van der Waals surface area contributed by atoms with Crippen LogP contribution in [-0.4, -0.2) is 15.9 Å². The molecule has 4 aromatic rings. The van der Waals surface area contributed by atoms with Gasteiger partial charge in [-0.05, 0) is 78.8 Å². The van der Waals surface area contributed by atoms with Crippen LogP contribution in [0.4, 0.5) is 14.5 Å². The van der Waals surface area contributed by atoms with Crippen LogP contribution in [-0.2, 0) is 12.3 Å². The molecule has 0 aliphatic carbocycles. The third kappa shape index (κ3) is 6.75. The fraction of sp³-hybridized carbons (Fsp3) is 0.310. The summed E-state index contributed by atoms with van der Waals surface area (Å²) in [5.74, 6) is -2.80. The molecule has 1 amide bonds. The minimum Gasteiger partial charge on any atom is -0.346 e. The minimum atomic E-state index is -2.94. The topological polar surface area (TPSA) is 57.8 Å². The van der Waals surface area contributed by atoms with Gasteiger partial charge in [-0.15, -0.1) is 0 Å². The van der Waals surface area contributed by atoms with Gasteiger partial charge in [0.15, 0.2) is 0 Å². The summed E-state index contributed by atoms with van der Waals surface area (Å²) in [5.41, 5.74) is 5.31. The summed E-state index contributed by atoms with van der Waals surface area (Å²) >= 11 is 0. The van der Waals surface area contributed by atoms with Crippen molar-refractivity contribution < 1.29 is 13.6 Å². The highest BCUT2D eigenvalue weighted by molar-refractivity contribution is 6.04. The van der Waals surface area contributed by atoms with E-state index in [1.165, 1.54) is 34.7 Å².